The van der Waals surface area contributed by atoms with Gasteiger partial charge in [-0.25, -0.2) is 0 Å². The quantitative estimate of drug-likeness (QED) is 0.885. The molecule has 1 heterocycles. The zero-order chi connectivity index (χ0) is 12.8. The predicted octanol–water partition coefficient (Wildman–Crippen LogP) is 3.33. The van der Waals surface area contributed by atoms with Crippen molar-refractivity contribution in [3.63, 3.8) is 0 Å². The van der Waals surface area contributed by atoms with Crippen molar-refractivity contribution in [3.05, 3.63) is 35.9 Å². The molecular formula is C16H24O2. The lowest BCUT2D eigenvalue weighted by molar-refractivity contribution is -0.0678. The molecule has 0 saturated carbocycles. The average Bonchev–Trinajstić information content (AvgIpc) is 2.59. The number of ether oxygens (including phenoxy) is 1. The van der Waals surface area contributed by atoms with Crippen molar-refractivity contribution >= 4 is 0 Å². The second-order valence-electron chi connectivity index (χ2n) is 5.23. The Bertz CT molecular complexity index is 336. The Hall–Kier alpha value is -0.860. The van der Waals surface area contributed by atoms with E-state index in [1.54, 1.807) is 0 Å². The highest BCUT2D eigenvalue weighted by atomic mass is 16.5. The van der Waals surface area contributed by atoms with Gasteiger partial charge in [-0.15, -0.1) is 0 Å². The maximum Gasteiger partial charge on any atom is 0.0835 e. The standard InChI is InChI=1S/C16H24O2/c1-2-16-15(17)10-6-9-14(18-16)12-11-13-7-4-3-5-8-13/h3-5,7-8,14-17H,2,6,9-12H2,1H3/t14-,15+,16+/m1/s1. The maximum atomic E-state index is 9.93. The van der Waals surface area contributed by atoms with Crippen molar-refractivity contribution in [2.45, 2.75) is 63.8 Å². The molecule has 0 bridgehead atoms. The van der Waals surface area contributed by atoms with Crippen molar-refractivity contribution in [1.29, 1.82) is 0 Å². The first-order valence-electron chi connectivity index (χ1n) is 7.17. The zero-order valence-corrected chi connectivity index (χ0v) is 11.2. The third kappa shape index (κ3) is 3.82. The molecule has 2 nitrogen and oxygen atoms in total. The summed E-state index contributed by atoms with van der Waals surface area (Å²) in [5, 5.41) is 9.93. The molecule has 3 atom stereocenters. The summed E-state index contributed by atoms with van der Waals surface area (Å²) >= 11 is 0. The summed E-state index contributed by atoms with van der Waals surface area (Å²) in [6.07, 6.45) is 6.17. The van der Waals surface area contributed by atoms with Crippen LogP contribution in [0.2, 0.25) is 0 Å². The van der Waals surface area contributed by atoms with Gasteiger partial charge in [0.05, 0.1) is 18.3 Å². The summed E-state index contributed by atoms with van der Waals surface area (Å²) in [5.41, 5.74) is 1.37. The molecular weight excluding hydrogens is 224 g/mol. The van der Waals surface area contributed by atoms with E-state index in [0.717, 1.165) is 38.5 Å². The minimum absolute atomic E-state index is 0.0354. The molecule has 0 spiro atoms. The topological polar surface area (TPSA) is 29.5 Å². The number of aliphatic hydroxyl groups is 1. The molecule has 0 aromatic heterocycles. The molecule has 0 unspecified atom stereocenters. The molecule has 2 rings (SSSR count). The molecule has 1 N–H and O–H groups in total. The third-order valence-corrected chi connectivity index (χ3v) is 3.82. The van der Waals surface area contributed by atoms with E-state index in [0.29, 0.717) is 6.10 Å². The van der Waals surface area contributed by atoms with Crippen LogP contribution in [0.1, 0.15) is 44.6 Å². The minimum atomic E-state index is -0.267. The molecule has 1 aliphatic rings. The minimum Gasteiger partial charge on any atom is -0.390 e. The van der Waals surface area contributed by atoms with Crippen LogP contribution in [-0.4, -0.2) is 23.4 Å². The van der Waals surface area contributed by atoms with Crippen LogP contribution in [-0.2, 0) is 11.2 Å². The van der Waals surface area contributed by atoms with E-state index in [1.807, 2.05) is 0 Å². The Kier molecular flexibility index (Phi) is 5.21. The molecule has 0 aliphatic carbocycles. The summed E-state index contributed by atoms with van der Waals surface area (Å²) < 4.78 is 6.04. The van der Waals surface area contributed by atoms with Crippen molar-refractivity contribution in [2.24, 2.45) is 0 Å². The Morgan fingerprint density at radius 3 is 2.72 bits per heavy atom. The predicted molar refractivity (Wildman–Crippen MR) is 73.6 cm³/mol. The highest BCUT2D eigenvalue weighted by Crippen LogP contribution is 2.23. The Morgan fingerprint density at radius 1 is 1.22 bits per heavy atom. The fourth-order valence-corrected chi connectivity index (χ4v) is 2.70. The van der Waals surface area contributed by atoms with E-state index in [-0.39, 0.29) is 12.2 Å². The number of aliphatic hydroxyl groups excluding tert-OH is 1. The lowest BCUT2D eigenvalue weighted by Gasteiger charge is -2.23. The fourth-order valence-electron chi connectivity index (χ4n) is 2.70. The molecule has 1 aliphatic heterocycles. The third-order valence-electron chi connectivity index (χ3n) is 3.82. The molecule has 1 fully saturated rings. The Morgan fingerprint density at radius 2 is 2.00 bits per heavy atom. The van der Waals surface area contributed by atoms with Crippen LogP contribution in [0.5, 0.6) is 0 Å². The second-order valence-corrected chi connectivity index (χ2v) is 5.23. The van der Waals surface area contributed by atoms with Crippen molar-refractivity contribution in [3.8, 4) is 0 Å². The van der Waals surface area contributed by atoms with Crippen LogP contribution >= 0.6 is 0 Å². The smallest absolute Gasteiger partial charge is 0.0835 e. The first-order valence-corrected chi connectivity index (χ1v) is 7.17. The summed E-state index contributed by atoms with van der Waals surface area (Å²) in [6.45, 7) is 2.09. The highest BCUT2D eigenvalue weighted by Gasteiger charge is 2.25. The number of hydrogen-bond donors (Lipinski definition) is 1. The van der Waals surface area contributed by atoms with Crippen LogP contribution in [0.25, 0.3) is 0 Å². The molecule has 0 amide bonds. The SMILES string of the molecule is CC[C@@H]1O[C@@H](CCc2ccccc2)CCC[C@@H]1O. The van der Waals surface area contributed by atoms with Crippen LogP contribution < -0.4 is 0 Å². The van der Waals surface area contributed by atoms with Gasteiger partial charge in [0.2, 0.25) is 0 Å². The zero-order valence-electron chi connectivity index (χ0n) is 11.2. The molecule has 1 saturated heterocycles. The summed E-state index contributed by atoms with van der Waals surface area (Å²) in [6, 6.07) is 10.6. The molecule has 1 aromatic rings. The summed E-state index contributed by atoms with van der Waals surface area (Å²) in [5.74, 6) is 0. The van der Waals surface area contributed by atoms with E-state index in [1.165, 1.54) is 5.56 Å². The Labute approximate surface area is 110 Å². The van der Waals surface area contributed by atoms with Gasteiger partial charge in [0.25, 0.3) is 0 Å². The number of aryl methyl sites for hydroxylation is 1. The Balaban J connectivity index is 1.85. The van der Waals surface area contributed by atoms with E-state index in [2.05, 4.69) is 37.3 Å². The lowest BCUT2D eigenvalue weighted by Crippen LogP contribution is -2.29. The van der Waals surface area contributed by atoms with Gasteiger partial charge in [0, 0.05) is 0 Å². The maximum absolute atomic E-state index is 9.93. The van der Waals surface area contributed by atoms with Crippen molar-refractivity contribution in [2.75, 3.05) is 0 Å². The molecule has 0 radical (unpaired) electrons. The van der Waals surface area contributed by atoms with Gasteiger partial charge >= 0.3 is 0 Å². The van der Waals surface area contributed by atoms with E-state index < -0.39 is 0 Å². The van der Waals surface area contributed by atoms with Crippen molar-refractivity contribution < 1.29 is 9.84 Å². The van der Waals surface area contributed by atoms with Crippen LogP contribution in [0, 0.1) is 0 Å². The largest absolute Gasteiger partial charge is 0.390 e. The second kappa shape index (κ2) is 6.91. The lowest BCUT2D eigenvalue weighted by atomic mass is 10.0. The van der Waals surface area contributed by atoms with Gasteiger partial charge in [-0.05, 0) is 44.1 Å². The van der Waals surface area contributed by atoms with Crippen molar-refractivity contribution in [1.82, 2.24) is 0 Å². The molecule has 100 valence electrons. The van der Waals surface area contributed by atoms with E-state index >= 15 is 0 Å². The van der Waals surface area contributed by atoms with E-state index in [4.69, 9.17) is 4.74 Å². The first kappa shape index (κ1) is 13.6. The van der Waals surface area contributed by atoms with Crippen LogP contribution in [0.4, 0.5) is 0 Å². The van der Waals surface area contributed by atoms with Gasteiger partial charge in [-0.2, -0.15) is 0 Å². The highest BCUT2D eigenvalue weighted by molar-refractivity contribution is 5.14. The normalized spacial score (nSPS) is 28.9. The molecule has 1 aromatic carbocycles. The van der Waals surface area contributed by atoms with Gasteiger partial charge < -0.3 is 9.84 Å². The molecule has 2 heteroatoms. The summed E-state index contributed by atoms with van der Waals surface area (Å²) in [7, 11) is 0. The number of hydrogen-bond acceptors (Lipinski definition) is 2. The van der Waals surface area contributed by atoms with Gasteiger partial charge in [0.15, 0.2) is 0 Å². The number of rotatable bonds is 4. The van der Waals surface area contributed by atoms with Crippen LogP contribution in [0.3, 0.4) is 0 Å². The average molecular weight is 248 g/mol. The van der Waals surface area contributed by atoms with Crippen LogP contribution in [0.15, 0.2) is 30.3 Å². The van der Waals surface area contributed by atoms with Gasteiger partial charge in [-0.3, -0.25) is 0 Å². The number of benzene rings is 1. The first-order chi connectivity index (χ1) is 8.79. The van der Waals surface area contributed by atoms with E-state index in [9.17, 15) is 5.11 Å². The fraction of sp³-hybridized carbons (Fsp3) is 0.625. The van der Waals surface area contributed by atoms with Gasteiger partial charge in [0.1, 0.15) is 0 Å². The molecule has 18 heavy (non-hydrogen) atoms. The van der Waals surface area contributed by atoms with Gasteiger partial charge in [-0.1, -0.05) is 37.3 Å². The monoisotopic (exact) mass is 248 g/mol. The summed E-state index contributed by atoms with van der Waals surface area (Å²) in [4.78, 5) is 0.